The molecular formula is C19H22N2O5. The van der Waals surface area contributed by atoms with Crippen LogP contribution in [0.25, 0.3) is 0 Å². The van der Waals surface area contributed by atoms with E-state index in [-0.39, 0.29) is 18.6 Å². The Morgan fingerprint density at radius 2 is 2.08 bits per heavy atom. The van der Waals surface area contributed by atoms with E-state index in [1.54, 1.807) is 6.08 Å². The number of nitrogens with zero attached hydrogens (tertiary/aromatic N) is 1. The van der Waals surface area contributed by atoms with Crippen molar-refractivity contribution in [2.75, 3.05) is 13.2 Å². The first-order valence-corrected chi connectivity index (χ1v) is 8.53. The van der Waals surface area contributed by atoms with Gasteiger partial charge < -0.3 is 14.6 Å². The number of rotatable bonds is 7. The number of aliphatic hydroxyl groups is 1. The predicted octanol–water partition coefficient (Wildman–Crippen LogP) is 1.21. The molecule has 1 aliphatic heterocycles. The molecule has 1 aliphatic rings. The molecule has 1 aromatic carbocycles. The lowest BCUT2D eigenvalue weighted by Crippen LogP contribution is -2.33. The third-order valence-corrected chi connectivity index (χ3v) is 4.26. The van der Waals surface area contributed by atoms with Gasteiger partial charge in [-0.05, 0) is 12.0 Å². The average Bonchev–Trinajstić information content (AvgIpc) is 3.03. The van der Waals surface area contributed by atoms with Gasteiger partial charge in [-0.15, -0.1) is 0 Å². The zero-order chi connectivity index (χ0) is 18.4. The Balaban J connectivity index is 1.67. The van der Waals surface area contributed by atoms with Gasteiger partial charge in [0, 0.05) is 18.2 Å². The van der Waals surface area contributed by atoms with Gasteiger partial charge in [-0.1, -0.05) is 42.5 Å². The van der Waals surface area contributed by atoms with Gasteiger partial charge in [-0.3, -0.25) is 14.3 Å². The molecule has 1 saturated heterocycles. The number of aromatic nitrogens is 2. The van der Waals surface area contributed by atoms with Gasteiger partial charge >= 0.3 is 5.69 Å². The van der Waals surface area contributed by atoms with Crippen LogP contribution in [0.5, 0.6) is 0 Å². The highest BCUT2D eigenvalue weighted by Crippen LogP contribution is 2.34. The Kier molecular flexibility index (Phi) is 6.17. The fourth-order valence-electron chi connectivity index (χ4n) is 3.07. The van der Waals surface area contributed by atoms with E-state index < -0.39 is 17.5 Å². The van der Waals surface area contributed by atoms with Crippen molar-refractivity contribution in [2.45, 2.75) is 25.4 Å². The van der Waals surface area contributed by atoms with Crippen LogP contribution in [0.1, 0.15) is 18.2 Å². The second kappa shape index (κ2) is 8.75. The molecular weight excluding hydrogens is 336 g/mol. The third kappa shape index (κ3) is 4.57. The molecule has 7 nitrogen and oxygen atoms in total. The highest BCUT2D eigenvalue weighted by Gasteiger charge is 2.35. The van der Waals surface area contributed by atoms with Gasteiger partial charge in [0.1, 0.15) is 6.23 Å². The molecule has 2 aromatic rings. The Bertz CT molecular complexity index is 843. The van der Waals surface area contributed by atoms with Crippen molar-refractivity contribution in [2.24, 2.45) is 5.92 Å². The number of aliphatic hydroxyl groups excluding tert-OH is 1. The highest BCUT2D eigenvalue weighted by molar-refractivity contribution is 5.13. The summed E-state index contributed by atoms with van der Waals surface area (Å²) in [5.74, 6) is -0.101. The lowest BCUT2D eigenvalue weighted by molar-refractivity contribution is -0.0508. The first-order valence-electron chi connectivity index (χ1n) is 8.53. The van der Waals surface area contributed by atoms with E-state index in [0.29, 0.717) is 19.6 Å². The summed E-state index contributed by atoms with van der Waals surface area (Å²) in [6.45, 7) is 0.799. The minimum atomic E-state index is -0.549. The van der Waals surface area contributed by atoms with Crippen LogP contribution in [-0.4, -0.2) is 34.0 Å². The van der Waals surface area contributed by atoms with E-state index in [1.807, 2.05) is 36.4 Å². The molecule has 0 aliphatic carbocycles. The Morgan fingerprint density at radius 3 is 2.81 bits per heavy atom. The summed E-state index contributed by atoms with van der Waals surface area (Å²) in [6, 6.07) is 11.1. The fourth-order valence-corrected chi connectivity index (χ4v) is 3.07. The van der Waals surface area contributed by atoms with Crippen LogP contribution in [0.3, 0.4) is 0 Å². The zero-order valence-corrected chi connectivity index (χ0v) is 14.3. The van der Waals surface area contributed by atoms with Crippen LogP contribution < -0.4 is 11.2 Å². The van der Waals surface area contributed by atoms with Crippen LogP contribution in [0, 0.1) is 5.92 Å². The van der Waals surface area contributed by atoms with Crippen LogP contribution in [-0.2, 0) is 16.1 Å². The molecule has 2 heterocycles. The molecule has 138 valence electrons. The van der Waals surface area contributed by atoms with Crippen LogP contribution in [0.15, 0.2) is 64.3 Å². The maximum Gasteiger partial charge on any atom is 0.330 e. The van der Waals surface area contributed by atoms with Gasteiger partial charge in [0.15, 0.2) is 0 Å². The van der Waals surface area contributed by atoms with E-state index in [1.165, 1.54) is 16.8 Å². The number of nitrogens with one attached hydrogen (secondary N) is 1. The van der Waals surface area contributed by atoms with Crippen molar-refractivity contribution in [3.05, 3.63) is 81.1 Å². The highest BCUT2D eigenvalue weighted by atomic mass is 16.6. The number of benzene rings is 1. The zero-order valence-electron chi connectivity index (χ0n) is 14.3. The molecule has 26 heavy (non-hydrogen) atoms. The second-order valence-corrected chi connectivity index (χ2v) is 6.18. The SMILES string of the molecule is O=c1ccn(C2OC(COCc3ccccc3)CC2C=CCO)c(=O)[nH]1. The van der Waals surface area contributed by atoms with Crippen LogP contribution >= 0.6 is 0 Å². The summed E-state index contributed by atoms with van der Waals surface area (Å²) in [7, 11) is 0. The van der Waals surface area contributed by atoms with Crippen LogP contribution in [0.4, 0.5) is 0 Å². The molecule has 0 radical (unpaired) electrons. The van der Waals surface area contributed by atoms with E-state index in [4.69, 9.17) is 14.6 Å². The largest absolute Gasteiger partial charge is 0.392 e. The van der Waals surface area contributed by atoms with E-state index in [2.05, 4.69) is 4.98 Å². The Morgan fingerprint density at radius 1 is 1.27 bits per heavy atom. The standard InChI is InChI=1S/C19H22N2O5/c22-10-4-7-15-11-16(13-25-12-14-5-2-1-3-6-14)26-18(15)21-9-8-17(23)20-19(21)24/h1-9,15-16,18,22H,10-13H2,(H,20,23,24). The summed E-state index contributed by atoms with van der Waals surface area (Å²) >= 11 is 0. The predicted molar refractivity (Wildman–Crippen MR) is 95.7 cm³/mol. The average molecular weight is 358 g/mol. The lowest BCUT2D eigenvalue weighted by Gasteiger charge is -2.18. The van der Waals surface area contributed by atoms with Crippen molar-refractivity contribution in [1.82, 2.24) is 9.55 Å². The van der Waals surface area contributed by atoms with Crippen molar-refractivity contribution in [3.8, 4) is 0 Å². The molecule has 3 unspecified atom stereocenters. The maximum absolute atomic E-state index is 12.1. The third-order valence-electron chi connectivity index (χ3n) is 4.26. The number of aromatic amines is 1. The molecule has 3 rings (SSSR count). The molecule has 0 saturated carbocycles. The molecule has 1 fully saturated rings. The van der Waals surface area contributed by atoms with Gasteiger partial charge in [0.25, 0.3) is 5.56 Å². The molecule has 0 bridgehead atoms. The topological polar surface area (TPSA) is 93.5 Å². The van der Waals surface area contributed by atoms with Gasteiger partial charge in [-0.2, -0.15) is 0 Å². The normalized spacial score (nSPS) is 22.9. The van der Waals surface area contributed by atoms with E-state index >= 15 is 0 Å². The Labute approximate surface area is 150 Å². The summed E-state index contributed by atoms with van der Waals surface area (Å²) < 4.78 is 13.1. The first kappa shape index (κ1) is 18.3. The second-order valence-electron chi connectivity index (χ2n) is 6.18. The Hall–Kier alpha value is -2.48. The summed E-state index contributed by atoms with van der Waals surface area (Å²) in [5, 5.41) is 9.04. The van der Waals surface area contributed by atoms with Crippen LogP contribution in [0.2, 0.25) is 0 Å². The molecule has 0 spiro atoms. The molecule has 7 heteroatoms. The van der Waals surface area contributed by atoms with E-state index in [9.17, 15) is 9.59 Å². The smallest absolute Gasteiger partial charge is 0.330 e. The van der Waals surface area contributed by atoms with Gasteiger partial charge in [0.05, 0.1) is 25.9 Å². The van der Waals surface area contributed by atoms with Gasteiger partial charge in [-0.25, -0.2) is 4.79 Å². The number of hydrogen-bond acceptors (Lipinski definition) is 5. The summed E-state index contributed by atoms with van der Waals surface area (Å²) in [6.07, 6.45) is 4.81. The minimum absolute atomic E-state index is 0.0844. The van der Waals surface area contributed by atoms with E-state index in [0.717, 1.165) is 5.56 Å². The summed E-state index contributed by atoms with van der Waals surface area (Å²) in [5.41, 5.74) is 0.112. The lowest BCUT2D eigenvalue weighted by atomic mass is 10.0. The number of ether oxygens (including phenoxy) is 2. The molecule has 3 atom stereocenters. The first-order chi connectivity index (χ1) is 12.7. The number of hydrogen-bond donors (Lipinski definition) is 2. The quantitative estimate of drug-likeness (QED) is 0.726. The van der Waals surface area contributed by atoms with Crippen molar-refractivity contribution in [3.63, 3.8) is 0 Å². The molecule has 2 N–H and O–H groups in total. The van der Waals surface area contributed by atoms with Crippen molar-refractivity contribution >= 4 is 0 Å². The monoisotopic (exact) mass is 358 g/mol. The molecule has 0 amide bonds. The fraction of sp³-hybridized carbons (Fsp3) is 0.368. The minimum Gasteiger partial charge on any atom is -0.392 e. The van der Waals surface area contributed by atoms with Crippen molar-refractivity contribution in [1.29, 1.82) is 0 Å². The number of H-pyrrole nitrogens is 1. The van der Waals surface area contributed by atoms with Crippen molar-refractivity contribution < 1.29 is 14.6 Å². The summed E-state index contributed by atoms with van der Waals surface area (Å²) in [4.78, 5) is 25.6. The maximum atomic E-state index is 12.1. The molecule has 1 aromatic heterocycles. The van der Waals surface area contributed by atoms with Gasteiger partial charge in [0.2, 0.25) is 0 Å².